The van der Waals surface area contributed by atoms with E-state index in [1.807, 2.05) is 0 Å². The van der Waals surface area contributed by atoms with Crippen LogP contribution in [0.1, 0.15) is 27.2 Å². The van der Waals surface area contributed by atoms with Crippen molar-refractivity contribution in [2.24, 2.45) is 17.1 Å². The Morgan fingerprint density at radius 2 is 2.18 bits per heavy atom. The maximum atomic E-state index is 11.7. The van der Waals surface area contributed by atoms with E-state index in [9.17, 15) is 9.90 Å². The molecule has 0 spiro atoms. The molecule has 0 saturated carbocycles. The van der Waals surface area contributed by atoms with E-state index in [0.717, 1.165) is 0 Å². The van der Waals surface area contributed by atoms with Crippen LogP contribution in [0.25, 0.3) is 0 Å². The molecule has 0 aliphatic carbocycles. The quantitative estimate of drug-likeness (QED) is 0.643. The molecule has 17 heavy (non-hydrogen) atoms. The molecule has 0 aromatic rings. The minimum atomic E-state index is -0.516. The lowest BCUT2D eigenvalue weighted by Gasteiger charge is -2.23. The maximum Gasteiger partial charge on any atom is 0.227 e. The molecule has 0 bridgehead atoms. The van der Waals surface area contributed by atoms with Gasteiger partial charge in [0.05, 0.1) is 25.2 Å². The van der Waals surface area contributed by atoms with Crippen LogP contribution in [0.3, 0.4) is 0 Å². The fraction of sp³-hybridized carbons (Fsp3) is 0.917. The molecule has 1 heterocycles. The molecule has 1 aliphatic rings. The van der Waals surface area contributed by atoms with Gasteiger partial charge < -0.3 is 20.9 Å². The fourth-order valence-electron chi connectivity index (χ4n) is 1.97. The minimum Gasteiger partial charge on any atom is -0.391 e. The van der Waals surface area contributed by atoms with Gasteiger partial charge in [-0.2, -0.15) is 0 Å². The number of carbonyl (C=O) groups is 1. The Morgan fingerprint density at radius 1 is 1.53 bits per heavy atom. The monoisotopic (exact) mass is 244 g/mol. The lowest BCUT2D eigenvalue weighted by molar-refractivity contribution is -0.125. The fourth-order valence-corrected chi connectivity index (χ4v) is 1.97. The first-order valence-electron chi connectivity index (χ1n) is 6.09. The number of amides is 1. The van der Waals surface area contributed by atoms with Crippen LogP contribution in [-0.2, 0) is 9.53 Å². The number of ether oxygens (including phenoxy) is 1. The SMILES string of the molecule is CC(C)(C)CC(O)CNC(=O)C1COCC1N. The molecular formula is C12H24N2O3. The third-order valence-electron chi connectivity index (χ3n) is 2.82. The predicted octanol–water partition coefficient (Wildman–Crippen LogP) is -0.127. The number of hydrogen-bond acceptors (Lipinski definition) is 4. The molecule has 100 valence electrons. The smallest absolute Gasteiger partial charge is 0.227 e. The van der Waals surface area contributed by atoms with Gasteiger partial charge in [0.1, 0.15) is 0 Å². The van der Waals surface area contributed by atoms with Crippen molar-refractivity contribution >= 4 is 5.91 Å². The van der Waals surface area contributed by atoms with Crippen LogP contribution < -0.4 is 11.1 Å². The van der Waals surface area contributed by atoms with E-state index in [4.69, 9.17) is 10.5 Å². The Hall–Kier alpha value is -0.650. The van der Waals surface area contributed by atoms with E-state index in [-0.39, 0.29) is 29.8 Å². The summed E-state index contributed by atoms with van der Waals surface area (Å²) < 4.78 is 5.13. The number of rotatable bonds is 4. The van der Waals surface area contributed by atoms with Gasteiger partial charge in [0.2, 0.25) is 5.91 Å². The van der Waals surface area contributed by atoms with Crippen LogP contribution in [0.5, 0.6) is 0 Å². The number of aliphatic hydroxyl groups is 1. The summed E-state index contributed by atoms with van der Waals surface area (Å²) in [7, 11) is 0. The first-order chi connectivity index (χ1) is 7.79. The van der Waals surface area contributed by atoms with Gasteiger partial charge in [-0.25, -0.2) is 0 Å². The van der Waals surface area contributed by atoms with E-state index in [2.05, 4.69) is 26.1 Å². The van der Waals surface area contributed by atoms with Gasteiger partial charge in [0.15, 0.2) is 0 Å². The molecule has 3 unspecified atom stereocenters. The van der Waals surface area contributed by atoms with Crippen molar-refractivity contribution < 1.29 is 14.6 Å². The summed E-state index contributed by atoms with van der Waals surface area (Å²) in [6.07, 6.45) is 0.137. The summed E-state index contributed by atoms with van der Waals surface area (Å²) in [6.45, 7) is 7.25. The molecule has 3 atom stereocenters. The molecule has 1 aliphatic heterocycles. The molecule has 4 N–H and O–H groups in total. The van der Waals surface area contributed by atoms with Gasteiger partial charge in [-0.3, -0.25) is 4.79 Å². The molecule has 0 aromatic carbocycles. The Bertz CT molecular complexity index is 263. The van der Waals surface area contributed by atoms with E-state index in [0.29, 0.717) is 19.6 Å². The second kappa shape index (κ2) is 5.80. The Balaban J connectivity index is 2.28. The average Bonchev–Trinajstić information content (AvgIpc) is 2.58. The van der Waals surface area contributed by atoms with Crippen molar-refractivity contribution in [3.8, 4) is 0 Å². The molecule has 1 fully saturated rings. The average molecular weight is 244 g/mol. The second-order valence-electron chi connectivity index (χ2n) is 5.97. The van der Waals surface area contributed by atoms with E-state index in [1.165, 1.54) is 0 Å². The van der Waals surface area contributed by atoms with Crippen LogP contribution in [-0.4, -0.2) is 42.9 Å². The third kappa shape index (κ3) is 5.02. The molecule has 0 aromatic heterocycles. The van der Waals surface area contributed by atoms with Crippen molar-refractivity contribution in [1.29, 1.82) is 0 Å². The minimum absolute atomic E-state index is 0.0526. The zero-order valence-corrected chi connectivity index (χ0v) is 10.9. The molecule has 0 radical (unpaired) electrons. The first kappa shape index (κ1) is 14.4. The van der Waals surface area contributed by atoms with Crippen molar-refractivity contribution in [3.05, 3.63) is 0 Å². The van der Waals surface area contributed by atoms with E-state index >= 15 is 0 Å². The Labute approximate surface area is 103 Å². The van der Waals surface area contributed by atoms with Crippen molar-refractivity contribution in [3.63, 3.8) is 0 Å². The highest BCUT2D eigenvalue weighted by Crippen LogP contribution is 2.20. The van der Waals surface area contributed by atoms with Crippen LogP contribution in [0.4, 0.5) is 0 Å². The lowest BCUT2D eigenvalue weighted by atomic mass is 9.89. The number of nitrogens with one attached hydrogen (secondary N) is 1. The number of aliphatic hydroxyl groups excluding tert-OH is 1. The van der Waals surface area contributed by atoms with Crippen molar-refractivity contribution in [2.75, 3.05) is 19.8 Å². The highest BCUT2D eigenvalue weighted by atomic mass is 16.5. The first-order valence-corrected chi connectivity index (χ1v) is 6.09. The number of nitrogens with two attached hydrogens (primary N) is 1. The van der Waals surface area contributed by atoms with Crippen LogP contribution in [0, 0.1) is 11.3 Å². The molecular weight excluding hydrogens is 220 g/mol. The summed E-state index contributed by atoms with van der Waals surface area (Å²) in [4.78, 5) is 11.7. The van der Waals surface area contributed by atoms with E-state index < -0.39 is 6.10 Å². The zero-order chi connectivity index (χ0) is 13.1. The molecule has 5 heteroatoms. The Morgan fingerprint density at radius 3 is 2.65 bits per heavy atom. The number of hydrogen-bond donors (Lipinski definition) is 3. The van der Waals surface area contributed by atoms with Crippen LogP contribution in [0.15, 0.2) is 0 Å². The summed E-state index contributed by atoms with van der Waals surface area (Å²) >= 11 is 0. The van der Waals surface area contributed by atoms with Crippen molar-refractivity contribution in [2.45, 2.75) is 39.3 Å². The standard InChI is InChI=1S/C12H24N2O3/c1-12(2,3)4-8(15)5-14-11(16)9-6-17-7-10(9)13/h8-10,15H,4-7,13H2,1-3H3,(H,14,16). The topological polar surface area (TPSA) is 84.6 Å². The summed E-state index contributed by atoms with van der Waals surface area (Å²) in [5, 5.41) is 12.5. The summed E-state index contributed by atoms with van der Waals surface area (Å²) in [6, 6.07) is -0.227. The normalized spacial score (nSPS) is 26.9. The summed E-state index contributed by atoms with van der Waals surface area (Å²) in [5.74, 6) is -0.403. The van der Waals surface area contributed by atoms with Crippen LogP contribution >= 0.6 is 0 Å². The highest BCUT2D eigenvalue weighted by Gasteiger charge is 2.31. The number of carbonyl (C=O) groups excluding carboxylic acids is 1. The van der Waals surface area contributed by atoms with Gasteiger partial charge in [0.25, 0.3) is 0 Å². The maximum absolute atomic E-state index is 11.7. The van der Waals surface area contributed by atoms with Gasteiger partial charge >= 0.3 is 0 Å². The molecule has 1 rings (SSSR count). The molecule has 1 amide bonds. The van der Waals surface area contributed by atoms with E-state index in [1.54, 1.807) is 0 Å². The largest absolute Gasteiger partial charge is 0.391 e. The van der Waals surface area contributed by atoms with Gasteiger partial charge in [-0.05, 0) is 11.8 Å². The zero-order valence-electron chi connectivity index (χ0n) is 10.9. The highest BCUT2D eigenvalue weighted by molar-refractivity contribution is 5.79. The lowest BCUT2D eigenvalue weighted by Crippen LogP contribution is -2.43. The second-order valence-corrected chi connectivity index (χ2v) is 5.97. The van der Waals surface area contributed by atoms with Gasteiger partial charge in [-0.15, -0.1) is 0 Å². The summed E-state index contributed by atoms with van der Waals surface area (Å²) in [5.41, 5.74) is 5.79. The third-order valence-corrected chi connectivity index (χ3v) is 2.82. The van der Waals surface area contributed by atoms with Gasteiger partial charge in [-0.1, -0.05) is 20.8 Å². The predicted molar refractivity (Wildman–Crippen MR) is 65.4 cm³/mol. The Kier molecular flexibility index (Phi) is 4.91. The van der Waals surface area contributed by atoms with Crippen molar-refractivity contribution in [1.82, 2.24) is 5.32 Å². The van der Waals surface area contributed by atoms with Gasteiger partial charge in [0, 0.05) is 12.6 Å². The molecule has 5 nitrogen and oxygen atoms in total. The van der Waals surface area contributed by atoms with Crippen LogP contribution in [0.2, 0.25) is 0 Å². The molecule has 1 saturated heterocycles.